The zero-order valence-corrected chi connectivity index (χ0v) is 23.2. The Morgan fingerprint density at radius 2 is 1.65 bits per heavy atom. The third kappa shape index (κ3) is 7.74. The van der Waals surface area contributed by atoms with E-state index in [4.69, 9.17) is 38.4 Å². The average Bonchev–Trinajstić information content (AvgIpc) is 2.89. The Hall–Kier alpha value is -3.14. The number of alkyl halides is 3. The second-order valence-electron chi connectivity index (χ2n) is 9.53. The molecule has 6 nitrogen and oxygen atoms in total. The summed E-state index contributed by atoms with van der Waals surface area (Å²) in [6.45, 7) is 2.99. The first-order valence-electron chi connectivity index (χ1n) is 12.7. The van der Waals surface area contributed by atoms with Crippen LogP contribution >= 0.6 is 23.2 Å². The van der Waals surface area contributed by atoms with E-state index in [1.807, 2.05) is 24.0 Å². The SMILES string of the molecule is Cc1cc(Cl)c(OCCOc2ccc(CC(C=O)C(N)N3CCCc4cc(OC(F)(F)F)ccc43)cc2)c(Cl)c1. The van der Waals surface area contributed by atoms with Crippen LogP contribution < -0.4 is 24.8 Å². The molecular formula is C29H29Cl2F3N2O4. The summed E-state index contributed by atoms with van der Waals surface area (Å²) in [6, 6.07) is 15.1. The Morgan fingerprint density at radius 1 is 1.00 bits per heavy atom. The number of aldehydes is 1. The Kier molecular flexibility index (Phi) is 9.71. The van der Waals surface area contributed by atoms with Gasteiger partial charge in [0.05, 0.1) is 22.1 Å². The smallest absolute Gasteiger partial charge is 0.490 e. The summed E-state index contributed by atoms with van der Waals surface area (Å²) in [5.74, 6) is 0.226. The van der Waals surface area contributed by atoms with Crippen LogP contribution in [0.25, 0.3) is 0 Å². The molecule has 2 N–H and O–H groups in total. The number of anilines is 1. The maximum Gasteiger partial charge on any atom is 0.573 e. The molecule has 0 aromatic heterocycles. The molecule has 2 unspecified atom stereocenters. The minimum absolute atomic E-state index is 0.244. The lowest BCUT2D eigenvalue weighted by Crippen LogP contribution is -2.50. The van der Waals surface area contributed by atoms with Crippen molar-refractivity contribution in [1.29, 1.82) is 0 Å². The Morgan fingerprint density at radius 3 is 2.30 bits per heavy atom. The first kappa shape index (κ1) is 29.8. The number of ether oxygens (including phenoxy) is 3. The Labute approximate surface area is 240 Å². The van der Waals surface area contributed by atoms with Gasteiger partial charge in [-0.25, -0.2) is 0 Å². The van der Waals surface area contributed by atoms with Crippen LogP contribution in [0.1, 0.15) is 23.1 Å². The van der Waals surface area contributed by atoms with Gasteiger partial charge in [0.25, 0.3) is 0 Å². The highest BCUT2D eigenvalue weighted by atomic mass is 35.5. The Bertz CT molecular complexity index is 1300. The lowest BCUT2D eigenvalue weighted by atomic mass is 9.94. The normalized spacial score (nSPS) is 14.7. The lowest BCUT2D eigenvalue weighted by Gasteiger charge is -2.38. The maximum absolute atomic E-state index is 12.6. The van der Waals surface area contributed by atoms with E-state index in [1.165, 1.54) is 12.1 Å². The zero-order chi connectivity index (χ0) is 28.9. The minimum atomic E-state index is -4.76. The number of nitrogens with two attached hydrogens (primary N) is 1. The number of nitrogens with zero attached hydrogens (tertiary/aromatic N) is 1. The molecule has 0 fully saturated rings. The molecule has 1 heterocycles. The quantitative estimate of drug-likeness (QED) is 0.195. The highest BCUT2D eigenvalue weighted by Crippen LogP contribution is 2.35. The second kappa shape index (κ2) is 13.0. The van der Waals surface area contributed by atoms with Crippen LogP contribution in [0.4, 0.5) is 18.9 Å². The van der Waals surface area contributed by atoms with Gasteiger partial charge in [-0.1, -0.05) is 35.3 Å². The molecule has 4 rings (SSSR count). The number of carbonyl (C=O) groups is 1. The number of benzene rings is 3. The van der Waals surface area contributed by atoms with E-state index in [9.17, 15) is 18.0 Å². The van der Waals surface area contributed by atoms with Crippen LogP contribution in [0.2, 0.25) is 10.0 Å². The lowest BCUT2D eigenvalue weighted by molar-refractivity contribution is -0.274. The van der Waals surface area contributed by atoms with Crippen molar-refractivity contribution in [2.45, 2.75) is 38.7 Å². The van der Waals surface area contributed by atoms with Gasteiger partial charge in [-0.2, -0.15) is 0 Å². The van der Waals surface area contributed by atoms with Crippen molar-refractivity contribution in [2.24, 2.45) is 11.7 Å². The molecule has 214 valence electrons. The number of fused-ring (bicyclic) bond motifs is 1. The first-order chi connectivity index (χ1) is 19.0. The number of rotatable bonds is 11. The van der Waals surface area contributed by atoms with Gasteiger partial charge in [-0.15, -0.1) is 13.2 Å². The van der Waals surface area contributed by atoms with Crippen LogP contribution in [0, 0.1) is 12.8 Å². The van der Waals surface area contributed by atoms with Gasteiger partial charge in [0.1, 0.15) is 31.0 Å². The number of hydrogen-bond donors (Lipinski definition) is 1. The van der Waals surface area contributed by atoms with Gasteiger partial charge in [-0.05, 0) is 85.3 Å². The predicted octanol–water partition coefficient (Wildman–Crippen LogP) is 6.75. The molecule has 0 radical (unpaired) electrons. The van der Waals surface area contributed by atoms with Crippen molar-refractivity contribution in [2.75, 3.05) is 24.7 Å². The van der Waals surface area contributed by atoms with Gasteiger partial charge in [0, 0.05) is 12.2 Å². The number of hydrogen-bond acceptors (Lipinski definition) is 6. The van der Waals surface area contributed by atoms with E-state index < -0.39 is 18.4 Å². The van der Waals surface area contributed by atoms with Gasteiger partial charge < -0.3 is 29.6 Å². The van der Waals surface area contributed by atoms with Crippen molar-refractivity contribution in [3.63, 3.8) is 0 Å². The van der Waals surface area contributed by atoms with E-state index >= 15 is 0 Å². The minimum Gasteiger partial charge on any atom is -0.490 e. The number of carbonyl (C=O) groups excluding carboxylic acids is 1. The molecule has 0 amide bonds. The van der Waals surface area contributed by atoms with E-state index in [2.05, 4.69) is 4.74 Å². The van der Waals surface area contributed by atoms with Gasteiger partial charge >= 0.3 is 6.36 Å². The first-order valence-corrected chi connectivity index (χ1v) is 13.5. The number of halogens is 5. The van der Waals surface area contributed by atoms with Gasteiger partial charge in [-0.3, -0.25) is 0 Å². The standard InChI is InChI=1S/C29H29Cl2F3N2O4/c1-18-13-24(30)27(25(31)14-18)39-12-11-38-22-6-4-19(5-7-22)15-21(17-37)28(35)36-10-2-3-20-16-23(8-9-26(20)36)40-29(32,33)34/h4-9,13-14,16-17,21,28H,2-3,10-12,15,35H2,1H3. The van der Waals surface area contributed by atoms with Gasteiger partial charge in [0.15, 0.2) is 5.75 Å². The van der Waals surface area contributed by atoms with Crippen molar-refractivity contribution in [1.82, 2.24) is 0 Å². The summed E-state index contributed by atoms with van der Waals surface area (Å²) >= 11 is 12.4. The summed E-state index contributed by atoms with van der Waals surface area (Å²) in [4.78, 5) is 13.9. The molecule has 0 saturated carbocycles. The van der Waals surface area contributed by atoms with Crippen LogP contribution in [-0.4, -0.2) is 38.6 Å². The topological polar surface area (TPSA) is 74.0 Å². The fourth-order valence-corrected chi connectivity index (χ4v) is 5.42. The third-order valence-corrected chi connectivity index (χ3v) is 7.11. The van der Waals surface area contributed by atoms with Crippen LogP contribution in [0.5, 0.6) is 17.2 Å². The fraction of sp³-hybridized carbons (Fsp3) is 0.345. The summed E-state index contributed by atoms with van der Waals surface area (Å²) in [6.07, 6.45) is -2.92. The fourth-order valence-electron chi connectivity index (χ4n) is 4.71. The summed E-state index contributed by atoms with van der Waals surface area (Å²) in [5, 5.41) is 0.871. The highest BCUT2D eigenvalue weighted by molar-refractivity contribution is 6.37. The molecule has 0 spiro atoms. The molecule has 0 saturated heterocycles. The van der Waals surface area contributed by atoms with Crippen molar-refractivity contribution in [3.05, 3.63) is 81.3 Å². The van der Waals surface area contributed by atoms with Gasteiger partial charge in [0.2, 0.25) is 0 Å². The van der Waals surface area contributed by atoms with Crippen LogP contribution in [-0.2, 0) is 17.6 Å². The Balaban J connectivity index is 1.33. The molecule has 3 aromatic carbocycles. The molecule has 3 aromatic rings. The third-order valence-electron chi connectivity index (χ3n) is 6.55. The second-order valence-corrected chi connectivity index (χ2v) is 10.3. The van der Waals surface area contributed by atoms with Crippen molar-refractivity contribution >= 4 is 35.2 Å². The van der Waals surface area contributed by atoms with E-state index in [0.717, 1.165) is 17.4 Å². The summed E-state index contributed by atoms with van der Waals surface area (Å²) < 4.78 is 53.3. The summed E-state index contributed by atoms with van der Waals surface area (Å²) in [7, 11) is 0. The van der Waals surface area contributed by atoms with E-state index in [0.29, 0.717) is 58.6 Å². The summed E-state index contributed by atoms with van der Waals surface area (Å²) in [5.41, 5.74) is 9.75. The van der Waals surface area contributed by atoms with Crippen LogP contribution in [0.15, 0.2) is 54.6 Å². The molecule has 0 bridgehead atoms. The predicted molar refractivity (Wildman–Crippen MR) is 149 cm³/mol. The number of aryl methyl sites for hydroxylation is 2. The zero-order valence-electron chi connectivity index (χ0n) is 21.7. The van der Waals surface area contributed by atoms with E-state index in [1.54, 1.807) is 30.3 Å². The van der Waals surface area contributed by atoms with E-state index in [-0.39, 0.29) is 19.0 Å². The molecule has 2 atom stereocenters. The average molecular weight is 597 g/mol. The molecule has 1 aliphatic heterocycles. The maximum atomic E-state index is 12.6. The molecule has 40 heavy (non-hydrogen) atoms. The largest absolute Gasteiger partial charge is 0.573 e. The molecule has 1 aliphatic rings. The van der Waals surface area contributed by atoms with Crippen molar-refractivity contribution in [3.8, 4) is 17.2 Å². The molecule has 0 aliphatic carbocycles. The monoisotopic (exact) mass is 596 g/mol. The highest BCUT2D eigenvalue weighted by Gasteiger charge is 2.32. The molecular weight excluding hydrogens is 568 g/mol. The van der Waals surface area contributed by atoms with Crippen molar-refractivity contribution < 1.29 is 32.2 Å². The van der Waals surface area contributed by atoms with Crippen LogP contribution in [0.3, 0.4) is 0 Å². The molecule has 11 heteroatoms.